The minimum Gasteiger partial charge on any atom is -0.379 e. The van der Waals surface area contributed by atoms with Crippen LogP contribution in [-0.4, -0.2) is 82.5 Å². The molecule has 1 amide bonds. The maximum atomic E-state index is 11.3. The number of carbonyl (C=O) groups is 2. The molecule has 0 fully saturated rings. The van der Waals surface area contributed by atoms with Crippen LogP contribution < -0.4 is 0 Å². The second-order valence-corrected chi connectivity index (χ2v) is 5.28. The Labute approximate surface area is 143 Å². The summed E-state index contributed by atoms with van der Waals surface area (Å²) in [5.41, 5.74) is 0. The van der Waals surface area contributed by atoms with Crippen molar-refractivity contribution in [2.24, 2.45) is 0 Å². The highest BCUT2D eigenvalue weighted by Crippen LogP contribution is 1.99. The molecular formula is C17H29NO6. The normalized spacial score (nSPS) is 13.9. The Kier molecular flexibility index (Phi) is 12.2. The van der Waals surface area contributed by atoms with E-state index in [1.54, 1.807) is 11.0 Å². The SMILES string of the molecule is CCC(=O)CCOCCOCCOCCOCCN1CC=CC1=O. The number of hydrogen-bond acceptors (Lipinski definition) is 6. The van der Waals surface area contributed by atoms with E-state index in [1.807, 2.05) is 13.0 Å². The summed E-state index contributed by atoms with van der Waals surface area (Å²) in [6.07, 6.45) is 4.47. The number of ether oxygens (including phenoxy) is 4. The Hall–Kier alpha value is -1.28. The van der Waals surface area contributed by atoms with E-state index in [2.05, 4.69) is 0 Å². The summed E-state index contributed by atoms with van der Waals surface area (Å²) in [5.74, 6) is 0.267. The lowest BCUT2D eigenvalue weighted by Gasteiger charge is -2.15. The number of nitrogens with zero attached hydrogens (tertiary/aromatic N) is 1. The first-order valence-electron chi connectivity index (χ1n) is 8.52. The van der Waals surface area contributed by atoms with Gasteiger partial charge >= 0.3 is 0 Å². The molecule has 1 aliphatic heterocycles. The van der Waals surface area contributed by atoms with Crippen molar-refractivity contribution in [1.82, 2.24) is 4.90 Å². The second-order valence-electron chi connectivity index (χ2n) is 5.28. The summed E-state index contributed by atoms with van der Waals surface area (Å²) in [7, 11) is 0. The summed E-state index contributed by atoms with van der Waals surface area (Å²) in [6.45, 7) is 7.12. The van der Waals surface area contributed by atoms with Crippen molar-refractivity contribution in [2.75, 3.05) is 65.9 Å². The zero-order chi connectivity index (χ0) is 17.5. The molecular weight excluding hydrogens is 314 g/mol. The second kappa shape index (κ2) is 14.1. The van der Waals surface area contributed by atoms with E-state index >= 15 is 0 Å². The Balaban J connectivity index is 1.72. The number of rotatable bonds is 16. The zero-order valence-electron chi connectivity index (χ0n) is 14.5. The first-order chi connectivity index (χ1) is 11.7. The molecule has 0 atom stereocenters. The highest BCUT2D eigenvalue weighted by Gasteiger charge is 2.13. The molecule has 0 spiro atoms. The van der Waals surface area contributed by atoms with Crippen LogP contribution in [0, 0.1) is 0 Å². The largest absolute Gasteiger partial charge is 0.379 e. The molecule has 1 rings (SSSR count). The van der Waals surface area contributed by atoms with Crippen molar-refractivity contribution in [2.45, 2.75) is 19.8 Å². The molecule has 1 aliphatic rings. The quantitative estimate of drug-likeness (QED) is 0.386. The van der Waals surface area contributed by atoms with Gasteiger partial charge in [-0.25, -0.2) is 0 Å². The summed E-state index contributed by atoms with van der Waals surface area (Å²) >= 11 is 0. The summed E-state index contributed by atoms with van der Waals surface area (Å²) in [4.78, 5) is 24.1. The van der Waals surface area contributed by atoms with Gasteiger partial charge in [-0.2, -0.15) is 0 Å². The van der Waals surface area contributed by atoms with Crippen LogP contribution in [0.3, 0.4) is 0 Å². The number of amides is 1. The van der Waals surface area contributed by atoms with Crippen LogP contribution in [0.2, 0.25) is 0 Å². The summed E-state index contributed by atoms with van der Waals surface area (Å²) in [6, 6.07) is 0. The van der Waals surface area contributed by atoms with Gasteiger partial charge in [0, 0.05) is 32.0 Å². The van der Waals surface area contributed by atoms with Gasteiger partial charge < -0.3 is 23.8 Å². The van der Waals surface area contributed by atoms with Gasteiger partial charge in [-0.1, -0.05) is 13.0 Å². The van der Waals surface area contributed by atoms with Gasteiger partial charge in [0.15, 0.2) is 0 Å². The summed E-state index contributed by atoms with van der Waals surface area (Å²) < 4.78 is 21.4. The minimum absolute atomic E-state index is 0.0490. The van der Waals surface area contributed by atoms with Gasteiger partial charge in [0.25, 0.3) is 0 Å². The van der Waals surface area contributed by atoms with E-state index in [0.29, 0.717) is 78.8 Å². The summed E-state index contributed by atoms with van der Waals surface area (Å²) in [5, 5.41) is 0. The Morgan fingerprint density at radius 1 is 0.958 bits per heavy atom. The maximum absolute atomic E-state index is 11.3. The molecule has 0 bridgehead atoms. The molecule has 7 nitrogen and oxygen atoms in total. The van der Waals surface area contributed by atoms with Gasteiger partial charge in [0.1, 0.15) is 5.78 Å². The fourth-order valence-corrected chi connectivity index (χ4v) is 1.98. The van der Waals surface area contributed by atoms with Crippen molar-refractivity contribution >= 4 is 11.7 Å². The standard InChI is InChI=1S/C17H29NO6/c1-2-16(19)5-8-21-10-12-23-14-15-24-13-11-22-9-7-18-6-3-4-17(18)20/h3-4H,2,5-15H2,1H3. The van der Waals surface area contributed by atoms with Crippen molar-refractivity contribution in [3.05, 3.63) is 12.2 Å². The van der Waals surface area contributed by atoms with E-state index in [1.165, 1.54) is 0 Å². The highest BCUT2D eigenvalue weighted by atomic mass is 16.6. The lowest BCUT2D eigenvalue weighted by molar-refractivity contribution is -0.125. The van der Waals surface area contributed by atoms with E-state index in [0.717, 1.165) is 0 Å². The van der Waals surface area contributed by atoms with Crippen LogP contribution in [-0.2, 0) is 28.5 Å². The van der Waals surface area contributed by atoms with Crippen molar-refractivity contribution in [1.29, 1.82) is 0 Å². The number of hydrogen-bond donors (Lipinski definition) is 0. The van der Waals surface area contributed by atoms with Crippen LogP contribution >= 0.6 is 0 Å². The maximum Gasteiger partial charge on any atom is 0.246 e. The molecule has 0 unspecified atom stereocenters. The van der Waals surface area contributed by atoms with Crippen molar-refractivity contribution in [3.63, 3.8) is 0 Å². The molecule has 0 aromatic rings. The minimum atomic E-state index is 0.0490. The molecule has 138 valence electrons. The third kappa shape index (κ3) is 10.5. The average Bonchev–Trinajstić information content (AvgIpc) is 3.00. The number of ketones is 1. The van der Waals surface area contributed by atoms with Crippen LogP contribution in [0.25, 0.3) is 0 Å². The van der Waals surface area contributed by atoms with E-state index in [4.69, 9.17) is 18.9 Å². The predicted molar refractivity (Wildman–Crippen MR) is 88.9 cm³/mol. The molecule has 0 radical (unpaired) electrons. The van der Waals surface area contributed by atoms with Crippen molar-refractivity contribution < 1.29 is 28.5 Å². The Morgan fingerprint density at radius 3 is 2.00 bits per heavy atom. The van der Waals surface area contributed by atoms with Gasteiger partial charge in [-0.05, 0) is 0 Å². The molecule has 7 heteroatoms. The third-order valence-corrected chi connectivity index (χ3v) is 3.44. The van der Waals surface area contributed by atoms with Crippen LogP contribution in [0.5, 0.6) is 0 Å². The fourth-order valence-electron chi connectivity index (χ4n) is 1.98. The Bertz CT molecular complexity index is 385. The van der Waals surface area contributed by atoms with Crippen LogP contribution in [0.15, 0.2) is 12.2 Å². The number of carbonyl (C=O) groups excluding carboxylic acids is 2. The number of Topliss-reactive ketones (excluding diaryl/α,β-unsaturated/α-hetero) is 1. The topological polar surface area (TPSA) is 74.3 Å². The van der Waals surface area contributed by atoms with E-state index in [-0.39, 0.29) is 11.7 Å². The lowest BCUT2D eigenvalue weighted by Crippen LogP contribution is -2.29. The van der Waals surface area contributed by atoms with Gasteiger partial charge in [0.05, 0.1) is 52.9 Å². The molecule has 0 N–H and O–H groups in total. The van der Waals surface area contributed by atoms with E-state index < -0.39 is 0 Å². The Morgan fingerprint density at radius 2 is 1.50 bits per heavy atom. The molecule has 0 saturated carbocycles. The van der Waals surface area contributed by atoms with Gasteiger partial charge in [-0.15, -0.1) is 0 Å². The zero-order valence-corrected chi connectivity index (χ0v) is 14.5. The van der Waals surface area contributed by atoms with Crippen LogP contribution in [0.4, 0.5) is 0 Å². The van der Waals surface area contributed by atoms with Crippen molar-refractivity contribution in [3.8, 4) is 0 Å². The molecule has 0 aromatic heterocycles. The first kappa shape index (κ1) is 20.8. The van der Waals surface area contributed by atoms with Gasteiger partial charge in [-0.3, -0.25) is 9.59 Å². The monoisotopic (exact) mass is 343 g/mol. The van der Waals surface area contributed by atoms with Gasteiger partial charge in [0.2, 0.25) is 5.91 Å². The van der Waals surface area contributed by atoms with E-state index in [9.17, 15) is 9.59 Å². The van der Waals surface area contributed by atoms with Crippen LogP contribution in [0.1, 0.15) is 19.8 Å². The third-order valence-electron chi connectivity index (χ3n) is 3.44. The lowest BCUT2D eigenvalue weighted by atomic mass is 10.2. The first-order valence-corrected chi connectivity index (χ1v) is 8.52. The molecule has 0 aromatic carbocycles. The highest BCUT2D eigenvalue weighted by molar-refractivity contribution is 5.89. The average molecular weight is 343 g/mol. The molecule has 24 heavy (non-hydrogen) atoms. The molecule has 1 heterocycles. The molecule has 0 aliphatic carbocycles. The molecule has 0 saturated heterocycles. The predicted octanol–water partition coefficient (Wildman–Crippen LogP) is 0.820. The smallest absolute Gasteiger partial charge is 0.246 e. The fraction of sp³-hybridized carbons (Fsp3) is 0.765.